The molecule has 2 amide bonds. The molecule has 4 rings (SSSR count). The molecule has 0 saturated carbocycles. The van der Waals surface area contributed by atoms with Gasteiger partial charge in [0.25, 0.3) is 5.91 Å². The Morgan fingerprint density at radius 2 is 1.90 bits per heavy atom. The normalized spacial score (nSPS) is 14.9. The molecule has 3 aromatic rings. The number of fused-ring (bicyclic) bond motifs is 1. The second-order valence-corrected chi connectivity index (χ2v) is 8.16. The third-order valence-corrected chi connectivity index (χ3v) is 5.84. The maximum atomic E-state index is 13.0. The Kier molecular flexibility index (Phi) is 6.00. The highest BCUT2D eigenvalue weighted by Gasteiger charge is 2.28. The minimum Gasteiger partial charge on any atom is -0.467 e. The molecule has 0 spiro atoms. The number of hydrogen-bond acceptors (Lipinski definition) is 4. The molecular weight excluding hydrogens is 414 g/mol. The number of rotatable bonds is 6. The molecule has 0 bridgehead atoms. The van der Waals surface area contributed by atoms with Crippen molar-refractivity contribution in [1.82, 2.24) is 4.90 Å². The van der Waals surface area contributed by atoms with Crippen LogP contribution in [0.5, 0.6) is 0 Å². The van der Waals surface area contributed by atoms with Gasteiger partial charge in [0.2, 0.25) is 5.91 Å². The molecule has 1 aromatic heterocycles. The number of nitrogens with one attached hydrogen (secondary N) is 1. The van der Waals surface area contributed by atoms with E-state index in [1.807, 2.05) is 12.1 Å². The summed E-state index contributed by atoms with van der Waals surface area (Å²) in [5.74, 6) is 0.00111. The van der Waals surface area contributed by atoms with Gasteiger partial charge in [-0.15, -0.1) is 0 Å². The van der Waals surface area contributed by atoms with Crippen LogP contribution >= 0.6 is 11.6 Å². The Hall–Kier alpha value is -3.25. The van der Waals surface area contributed by atoms with E-state index in [2.05, 4.69) is 29.3 Å². The van der Waals surface area contributed by atoms with Crippen molar-refractivity contribution in [2.24, 2.45) is 0 Å². The molecule has 1 atom stereocenters. The van der Waals surface area contributed by atoms with Gasteiger partial charge in [-0.3, -0.25) is 9.59 Å². The lowest BCUT2D eigenvalue weighted by molar-refractivity contribution is -0.116. The molecule has 31 heavy (non-hydrogen) atoms. The fourth-order valence-corrected chi connectivity index (χ4v) is 4.11. The first-order valence-corrected chi connectivity index (χ1v) is 10.5. The minimum atomic E-state index is -0.323. The van der Waals surface area contributed by atoms with E-state index >= 15 is 0 Å². The minimum absolute atomic E-state index is 0.0996. The summed E-state index contributed by atoms with van der Waals surface area (Å²) in [5, 5.41) is 3.18. The van der Waals surface area contributed by atoms with E-state index in [4.69, 9.17) is 16.0 Å². The summed E-state index contributed by atoms with van der Waals surface area (Å²) in [4.78, 5) is 29.0. The largest absolute Gasteiger partial charge is 0.467 e. The van der Waals surface area contributed by atoms with Crippen LogP contribution in [0.2, 0.25) is 5.02 Å². The lowest BCUT2D eigenvalue weighted by Crippen LogP contribution is -2.36. The van der Waals surface area contributed by atoms with Gasteiger partial charge in [-0.05, 0) is 43.2 Å². The number of furan rings is 1. The van der Waals surface area contributed by atoms with E-state index in [9.17, 15) is 9.59 Å². The number of carbonyl (C=O) groups excluding carboxylic acids is 2. The SMILES string of the molecule is CC1Cc2ccccc2N1Cc1occc1C(=O)N(C)CC(=O)Nc1ccccc1Cl. The summed E-state index contributed by atoms with van der Waals surface area (Å²) in [7, 11) is 1.60. The molecule has 0 aliphatic carbocycles. The van der Waals surface area contributed by atoms with Crippen molar-refractivity contribution >= 4 is 34.8 Å². The molecule has 0 radical (unpaired) electrons. The van der Waals surface area contributed by atoms with Gasteiger partial charge < -0.3 is 19.5 Å². The maximum Gasteiger partial charge on any atom is 0.257 e. The number of para-hydroxylation sites is 2. The van der Waals surface area contributed by atoms with Crippen molar-refractivity contribution in [2.45, 2.75) is 25.9 Å². The molecular formula is C24H24ClN3O3. The quantitative estimate of drug-likeness (QED) is 0.612. The topological polar surface area (TPSA) is 65.8 Å². The Morgan fingerprint density at radius 1 is 1.16 bits per heavy atom. The van der Waals surface area contributed by atoms with E-state index in [0.717, 1.165) is 12.1 Å². The van der Waals surface area contributed by atoms with Crippen LogP contribution in [0.25, 0.3) is 0 Å². The molecule has 7 heteroatoms. The van der Waals surface area contributed by atoms with E-state index in [0.29, 0.717) is 34.6 Å². The third-order valence-electron chi connectivity index (χ3n) is 5.51. The van der Waals surface area contributed by atoms with Gasteiger partial charge in [0.1, 0.15) is 5.76 Å². The van der Waals surface area contributed by atoms with Gasteiger partial charge in [0.05, 0.1) is 35.6 Å². The first kappa shape index (κ1) is 21.0. The van der Waals surface area contributed by atoms with Crippen molar-refractivity contribution < 1.29 is 14.0 Å². The highest BCUT2D eigenvalue weighted by atomic mass is 35.5. The predicted octanol–water partition coefficient (Wildman–Crippen LogP) is 4.59. The van der Waals surface area contributed by atoms with Gasteiger partial charge in [0, 0.05) is 18.8 Å². The van der Waals surface area contributed by atoms with Crippen molar-refractivity contribution in [3.05, 3.63) is 82.8 Å². The zero-order valence-corrected chi connectivity index (χ0v) is 18.2. The number of nitrogens with zero attached hydrogens (tertiary/aromatic N) is 2. The van der Waals surface area contributed by atoms with Crippen LogP contribution < -0.4 is 10.2 Å². The summed E-state index contributed by atoms with van der Waals surface area (Å²) < 4.78 is 5.67. The first-order valence-electron chi connectivity index (χ1n) is 10.1. The molecule has 6 nitrogen and oxygen atoms in total. The average molecular weight is 438 g/mol. The van der Waals surface area contributed by atoms with Crippen LogP contribution in [-0.2, 0) is 17.8 Å². The van der Waals surface area contributed by atoms with Crippen molar-refractivity contribution in [2.75, 3.05) is 23.8 Å². The fourth-order valence-electron chi connectivity index (χ4n) is 3.92. The smallest absolute Gasteiger partial charge is 0.257 e. The summed E-state index contributed by atoms with van der Waals surface area (Å²) in [6, 6.07) is 17.2. The van der Waals surface area contributed by atoms with Gasteiger partial charge in [-0.25, -0.2) is 0 Å². The lowest BCUT2D eigenvalue weighted by atomic mass is 10.1. The van der Waals surface area contributed by atoms with Crippen molar-refractivity contribution in [1.29, 1.82) is 0 Å². The van der Waals surface area contributed by atoms with Gasteiger partial charge in [-0.2, -0.15) is 0 Å². The van der Waals surface area contributed by atoms with Crippen LogP contribution in [-0.4, -0.2) is 36.3 Å². The van der Waals surface area contributed by atoms with E-state index in [1.54, 1.807) is 37.4 Å². The zero-order valence-electron chi connectivity index (χ0n) is 17.5. The Balaban J connectivity index is 1.44. The summed E-state index contributed by atoms with van der Waals surface area (Å²) >= 11 is 6.09. The Morgan fingerprint density at radius 3 is 2.71 bits per heavy atom. The fraction of sp³-hybridized carbons (Fsp3) is 0.250. The number of amides is 2. The van der Waals surface area contributed by atoms with Gasteiger partial charge >= 0.3 is 0 Å². The molecule has 1 unspecified atom stereocenters. The Labute approximate surface area is 186 Å². The number of halogens is 1. The molecule has 1 aliphatic rings. The summed E-state index contributed by atoms with van der Waals surface area (Å²) in [6.07, 6.45) is 2.48. The second-order valence-electron chi connectivity index (χ2n) is 7.76. The highest BCUT2D eigenvalue weighted by Crippen LogP contribution is 2.33. The highest BCUT2D eigenvalue weighted by molar-refractivity contribution is 6.33. The van der Waals surface area contributed by atoms with Gasteiger partial charge in [-0.1, -0.05) is 41.9 Å². The van der Waals surface area contributed by atoms with Crippen molar-refractivity contribution in [3.63, 3.8) is 0 Å². The number of anilines is 2. The molecule has 2 heterocycles. The van der Waals surface area contributed by atoms with Crippen LogP contribution in [0, 0.1) is 0 Å². The van der Waals surface area contributed by atoms with E-state index in [-0.39, 0.29) is 18.4 Å². The lowest BCUT2D eigenvalue weighted by Gasteiger charge is -2.24. The number of carbonyl (C=O) groups is 2. The van der Waals surface area contributed by atoms with Crippen LogP contribution in [0.15, 0.2) is 65.3 Å². The van der Waals surface area contributed by atoms with Gasteiger partial charge in [0.15, 0.2) is 0 Å². The van der Waals surface area contributed by atoms with Crippen molar-refractivity contribution in [3.8, 4) is 0 Å². The second kappa shape index (κ2) is 8.86. The van der Waals surface area contributed by atoms with E-state index in [1.165, 1.54) is 16.7 Å². The van der Waals surface area contributed by atoms with Crippen LogP contribution in [0.3, 0.4) is 0 Å². The average Bonchev–Trinajstić information content (AvgIpc) is 3.34. The first-order chi connectivity index (χ1) is 14.9. The molecule has 1 aliphatic heterocycles. The Bertz CT molecular complexity index is 1110. The maximum absolute atomic E-state index is 13.0. The third kappa shape index (κ3) is 4.44. The summed E-state index contributed by atoms with van der Waals surface area (Å²) in [5.41, 5.74) is 3.44. The number of hydrogen-bond donors (Lipinski definition) is 1. The molecule has 2 aromatic carbocycles. The molecule has 160 valence electrons. The molecule has 0 fully saturated rings. The zero-order chi connectivity index (χ0) is 22.0. The van der Waals surface area contributed by atoms with Crippen LogP contribution in [0.1, 0.15) is 28.6 Å². The molecule has 0 saturated heterocycles. The standard InChI is InChI=1S/C24H24ClN3O3/c1-16-13-17-7-3-6-10-21(17)28(16)14-22-18(11-12-31-22)24(30)27(2)15-23(29)26-20-9-5-4-8-19(20)25/h3-12,16H,13-15H2,1-2H3,(H,26,29). The van der Waals surface area contributed by atoms with E-state index < -0.39 is 0 Å². The molecule has 1 N–H and O–H groups in total. The summed E-state index contributed by atoms with van der Waals surface area (Å²) in [6.45, 7) is 2.55. The predicted molar refractivity (Wildman–Crippen MR) is 122 cm³/mol. The van der Waals surface area contributed by atoms with Crippen LogP contribution in [0.4, 0.5) is 11.4 Å². The monoisotopic (exact) mass is 437 g/mol. The number of likely N-dealkylation sites (N-methyl/N-ethyl adjacent to an activating group) is 1. The number of benzene rings is 2.